The number of rotatable bonds is 4. The summed E-state index contributed by atoms with van der Waals surface area (Å²) < 4.78 is 79.1. The van der Waals surface area contributed by atoms with Crippen molar-refractivity contribution in [3.05, 3.63) is 89.5 Å². The fraction of sp³-hybridized carbons (Fsp3) is 0.174. The number of nitrogens with zero attached hydrogens (tertiary/aromatic N) is 3. The Morgan fingerprint density at radius 1 is 0.879 bits per heavy atom. The van der Waals surface area contributed by atoms with Crippen molar-refractivity contribution < 1.29 is 31.1 Å². The molecule has 1 heterocycles. The van der Waals surface area contributed by atoms with E-state index < -0.39 is 41.4 Å². The zero-order valence-electron chi connectivity index (χ0n) is 16.8. The minimum atomic E-state index is -5.07. The molecule has 0 N–H and O–H groups in total. The maximum Gasteiger partial charge on any atom is 0.416 e. The number of hydrogen-bond acceptors (Lipinski definition) is 3. The second-order valence-electron chi connectivity index (χ2n) is 6.73. The van der Waals surface area contributed by atoms with Crippen molar-refractivity contribution in [3.8, 4) is 11.8 Å². The molecule has 0 fully saturated rings. The van der Waals surface area contributed by atoms with Crippen LogP contribution in [0.3, 0.4) is 0 Å². The Labute approximate surface area is 184 Å². The van der Waals surface area contributed by atoms with Crippen LogP contribution in [0.1, 0.15) is 22.5 Å². The van der Waals surface area contributed by atoms with E-state index in [0.717, 1.165) is 4.90 Å². The topological polar surface area (TPSA) is 46.1 Å². The number of aromatic nitrogens is 2. The smallest absolute Gasteiger partial charge is 0.300 e. The molecule has 10 heteroatoms. The van der Waals surface area contributed by atoms with Crippen LogP contribution in [0.4, 0.5) is 32.0 Å². The molecule has 0 radical (unpaired) electrons. The molecule has 0 aliphatic heterocycles. The molecule has 1 aromatic heterocycles. The van der Waals surface area contributed by atoms with E-state index in [-0.39, 0.29) is 18.4 Å². The number of amides is 1. The van der Waals surface area contributed by atoms with Gasteiger partial charge >= 0.3 is 12.4 Å². The molecule has 0 aliphatic rings. The summed E-state index contributed by atoms with van der Waals surface area (Å²) in [5.74, 6) is 4.78. The van der Waals surface area contributed by atoms with Crippen LogP contribution in [-0.4, -0.2) is 22.4 Å². The Kier molecular flexibility index (Phi) is 7.01. The summed E-state index contributed by atoms with van der Waals surface area (Å²) in [6.45, 7) is -0.191. The lowest BCUT2D eigenvalue weighted by Crippen LogP contribution is -2.33. The highest BCUT2D eigenvalue weighted by molar-refractivity contribution is 5.95. The molecule has 0 saturated carbocycles. The lowest BCUT2D eigenvalue weighted by Gasteiger charge is -2.22. The molecule has 1 amide bonds. The van der Waals surface area contributed by atoms with Crippen LogP contribution in [0.5, 0.6) is 0 Å². The first-order chi connectivity index (χ1) is 15.6. The van der Waals surface area contributed by atoms with E-state index in [9.17, 15) is 31.1 Å². The molecule has 0 saturated heterocycles. The maximum atomic E-state index is 13.5. The minimum absolute atomic E-state index is 0.0159. The first kappa shape index (κ1) is 23.8. The van der Waals surface area contributed by atoms with Gasteiger partial charge in [-0.05, 0) is 41.8 Å². The minimum Gasteiger partial charge on any atom is -0.300 e. The molecular weight excluding hydrogens is 448 g/mol. The second kappa shape index (κ2) is 9.73. The number of carbonyl (C=O) groups is 1. The summed E-state index contributed by atoms with van der Waals surface area (Å²) in [7, 11) is 0. The molecule has 2 aromatic carbocycles. The fourth-order valence-electron chi connectivity index (χ4n) is 2.92. The average molecular weight is 463 g/mol. The molecule has 0 bridgehead atoms. The predicted molar refractivity (Wildman–Crippen MR) is 108 cm³/mol. The van der Waals surface area contributed by atoms with Gasteiger partial charge in [-0.3, -0.25) is 4.79 Å². The zero-order valence-corrected chi connectivity index (χ0v) is 16.8. The fourth-order valence-corrected chi connectivity index (χ4v) is 2.92. The number of alkyl halides is 6. The van der Waals surface area contributed by atoms with E-state index in [4.69, 9.17) is 0 Å². The summed E-state index contributed by atoms with van der Waals surface area (Å²) in [5.41, 5.74) is -3.16. The Morgan fingerprint density at radius 3 is 2.15 bits per heavy atom. The number of hydrogen-bond donors (Lipinski definition) is 0. The second-order valence-corrected chi connectivity index (χ2v) is 6.73. The normalized spacial score (nSPS) is 11.5. The number of carbonyl (C=O) groups excluding carboxylic acids is 1. The van der Waals surface area contributed by atoms with E-state index >= 15 is 0 Å². The molecule has 0 atom stereocenters. The van der Waals surface area contributed by atoms with Gasteiger partial charge in [-0.25, -0.2) is 9.97 Å². The molecule has 33 heavy (non-hydrogen) atoms. The third kappa shape index (κ3) is 6.32. The predicted octanol–water partition coefficient (Wildman–Crippen LogP) is 5.14. The Balaban J connectivity index is 1.92. The van der Waals surface area contributed by atoms with Crippen LogP contribution < -0.4 is 4.90 Å². The molecule has 0 unspecified atom stereocenters. The van der Waals surface area contributed by atoms with Crippen LogP contribution in [-0.2, 0) is 23.6 Å². The van der Waals surface area contributed by atoms with Crippen molar-refractivity contribution in [2.45, 2.75) is 18.8 Å². The summed E-state index contributed by atoms with van der Waals surface area (Å²) in [6, 6.07) is 10.9. The van der Waals surface area contributed by atoms with Gasteiger partial charge in [-0.1, -0.05) is 30.2 Å². The Morgan fingerprint density at radius 2 is 1.55 bits per heavy atom. The molecular formula is C23H15F6N3O. The molecule has 170 valence electrons. The third-order valence-electron chi connectivity index (χ3n) is 4.46. The summed E-state index contributed by atoms with van der Waals surface area (Å²) in [4.78, 5) is 21.9. The van der Waals surface area contributed by atoms with Crippen molar-refractivity contribution in [3.63, 3.8) is 0 Å². The van der Waals surface area contributed by atoms with E-state index in [1.54, 1.807) is 36.4 Å². The molecule has 3 rings (SSSR count). The molecule has 3 aromatic rings. The highest BCUT2D eigenvalue weighted by Crippen LogP contribution is 2.37. The van der Waals surface area contributed by atoms with Crippen molar-refractivity contribution in [2.24, 2.45) is 0 Å². The van der Waals surface area contributed by atoms with Gasteiger partial charge in [0.15, 0.2) is 0 Å². The molecule has 0 aliphatic carbocycles. The van der Waals surface area contributed by atoms with E-state index in [1.807, 2.05) is 0 Å². The van der Waals surface area contributed by atoms with E-state index in [2.05, 4.69) is 21.8 Å². The Bertz CT molecular complexity index is 1170. The van der Waals surface area contributed by atoms with Gasteiger partial charge in [0, 0.05) is 18.1 Å². The van der Waals surface area contributed by atoms with Crippen molar-refractivity contribution >= 4 is 11.6 Å². The first-order valence-corrected chi connectivity index (χ1v) is 9.44. The van der Waals surface area contributed by atoms with Crippen LogP contribution in [0, 0.1) is 11.8 Å². The molecule has 4 nitrogen and oxygen atoms in total. The zero-order chi connectivity index (χ0) is 24.1. The van der Waals surface area contributed by atoms with Gasteiger partial charge in [0.1, 0.15) is 0 Å². The average Bonchev–Trinajstić information content (AvgIpc) is 2.76. The number of halogens is 6. The van der Waals surface area contributed by atoms with Crippen LogP contribution in [0.2, 0.25) is 0 Å². The van der Waals surface area contributed by atoms with Crippen LogP contribution in [0.25, 0.3) is 0 Å². The van der Waals surface area contributed by atoms with Gasteiger partial charge in [-0.15, -0.1) is 0 Å². The van der Waals surface area contributed by atoms with Crippen molar-refractivity contribution in [1.82, 2.24) is 9.97 Å². The van der Waals surface area contributed by atoms with E-state index in [0.29, 0.717) is 17.8 Å². The van der Waals surface area contributed by atoms with Gasteiger partial charge in [-0.2, -0.15) is 26.3 Å². The summed E-state index contributed by atoms with van der Waals surface area (Å²) >= 11 is 0. The monoisotopic (exact) mass is 463 g/mol. The standard InChI is InChI=1S/C23H15F6N3O/c24-22(25,26)17-10-9-16(19(15-17)23(27,28)29)14-21(33)32(18-6-2-1-3-7-18)13-4-8-20-30-11-5-12-31-20/h1-3,5-7,9-12,15H,13-14H2. The van der Waals surface area contributed by atoms with Gasteiger partial charge < -0.3 is 4.90 Å². The quantitative estimate of drug-likeness (QED) is 0.398. The lowest BCUT2D eigenvalue weighted by atomic mass is 10.00. The number of anilines is 1. The van der Waals surface area contributed by atoms with E-state index in [1.165, 1.54) is 12.4 Å². The van der Waals surface area contributed by atoms with Crippen molar-refractivity contribution in [1.29, 1.82) is 0 Å². The van der Waals surface area contributed by atoms with Gasteiger partial charge in [0.05, 0.1) is 24.1 Å². The summed E-state index contributed by atoms with van der Waals surface area (Å²) in [6.07, 6.45) is -7.85. The maximum absolute atomic E-state index is 13.5. The van der Waals surface area contributed by atoms with Gasteiger partial charge in [0.2, 0.25) is 11.7 Å². The largest absolute Gasteiger partial charge is 0.416 e. The lowest BCUT2D eigenvalue weighted by molar-refractivity contribution is -0.143. The van der Waals surface area contributed by atoms with Gasteiger partial charge in [0.25, 0.3) is 0 Å². The highest BCUT2D eigenvalue weighted by Gasteiger charge is 2.38. The first-order valence-electron chi connectivity index (χ1n) is 9.44. The molecule has 0 spiro atoms. The number of benzene rings is 2. The highest BCUT2D eigenvalue weighted by atomic mass is 19.4. The summed E-state index contributed by atoms with van der Waals surface area (Å²) in [5, 5.41) is 0. The Hall–Kier alpha value is -3.87. The third-order valence-corrected chi connectivity index (χ3v) is 4.46. The SMILES string of the molecule is O=C(Cc1ccc(C(F)(F)F)cc1C(F)(F)F)N(CC#Cc1ncccn1)c1ccccc1. The van der Waals surface area contributed by atoms with Crippen LogP contribution in [0.15, 0.2) is 67.0 Å². The number of para-hydroxylation sites is 1. The van der Waals surface area contributed by atoms with Crippen LogP contribution >= 0.6 is 0 Å². The van der Waals surface area contributed by atoms with Crippen molar-refractivity contribution in [2.75, 3.05) is 11.4 Å².